The maximum Gasteiger partial charge on any atom is 0.276 e. The van der Waals surface area contributed by atoms with Crippen molar-refractivity contribution >= 4 is 29.3 Å². The van der Waals surface area contributed by atoms with Crippen LogP contribution in [-0.2, 0) is 11.3 Å². The van der Waals surface area contributed by atoms with Crippen LogP contribution in [0.4, 0.5) is 5.69 Å². The Bertz CT molecular complexity index is 820. The number of hydrogen-bond acceptors (Lipinski definition) is 4. The molecule has 0 atom stereocenters. The van der Waals surface area contributed by atoms with Gasteiger partial charge >= 0.3 is 0 Å². The molecule has 0 aliphatic heterocycles. The fourth-order valence-corrected chi connectivity index (χ4v) is 2.48. The largest absolute Gasteiger partial charge is 0.496 e. The van der Waals surface area contributed by atoms with Crippen LogP contribution in [0.3, 0.4) is 0 Å². The number of carbonyl (C=O) groups excluding carboxylic acids is 1. The molecule has 0 aliphatic carbocycles. The third-order valence-electron chi connectivity index (χ3n) is 3.57. The van der Waals surface area contributed by atoms with Crippen molar-refractivity contribution in [3.8, 4) is 5.75 Å². The van der Waals surface area contributed by atoms with Crippen molar-refractivity contribution in [2.24, 2.45) is 0 Å². The van der Waals surface area contributed by atoms with Gasteiger partial charge in [0.25, 0.3) is 5.69 Å². The van der Waals surface area contributed by atoms with Gasteiger partial charge in [0, 0.05) is 36.3 Å². The van der Waals surface area contributed by atoms with Gasteiger partial charge in [-0.25, -0.2) is 0 Å². The van der Waals surface area contributed by atoms with Crippen LogP contribution in [-0.4, -0.2) is 29.9 Å². The number of halogens is 1. The molecule has 0 saturated heterocycles. The zero-order valence-corrected chi connectivity index (χ0v) is 14.6. The Kier molecular flexibility index (Phi) is 6.14. The summed E-state index contributed by atoms with van der Waals surface area (Å²) in [6.07, 6.45) is 2.74. The minimum Gasteiger partial charge on any atom is -0.496 e. The fourth-order valence-electron chi connectivity index (χ4n) is 2.29. The first-order valence-electron chi connectivity index (χ1n) is 7.41. The number of nitro groups is 1. The first-order chi connectivity index (χ1) is 11.9. The molecule has 2 aromatic rings. The van der Waals surface area contributed by atoms with Crippen molar-refractivity contribution in [3.05, 3.63) is 74.8 Å². The molecule has 0 aliphatic rings. The zero-order chi connectivity index (χ0) is 18.4. The number of nitrogens with zero attached hydrogens (tertiary/aromatic N) is 2. The Hall–Kier alpha value is -2.86. The smallest absolute Gasteiger partial charge is 0.276 e. The van der Waals surface area contributed by atoms with Gasteiger partial charge in [-0.2, -0.15) is 0 Å². The molecule has 25 heavy (non-hydrogen) atoms. The molecule has 0 bridgehead atoms. The second-order valence-electron chi connectivity index (χ2n) is 5.30. The molecule has 6 nitrogen and oxygen atoms in total. The number of benzene rings is 2. The molecule has 0 unspecified atom stereocenters. The number of ether oxygens (including phenoxy) is 1. The number of nitro benzene ring substituents is 1. The fraction of sp³-hybridized carbons (Fsp3) is 0.167. The Morgan fingerprint density at radius 2 is 2.04 bits per heavy atom. The van der Waals surface area contributed by atoms with Gasteiger partial charge in [-0.05, 0) is 30.3 Å². The molecule has 130 valence electrons. The number of amides is 1. The van der Waals surface area contributed by atoms with E-state index < -0.39 is 4.92 Å². The molecule has 0 fully saturated rings. The SMILES string of the molecule is COc1ccc(Cl)cc1CN(C)C(=O)/C=C/c1ccccc1[N+](=O)[O-]. The van der Waals surface area contributed by atoms with Gasteiger partial charge in [0.15, 0.2) is 0 Å². The molecule has 0 N–H and O–H groups in total. The summed E-state index contributed by atoms with van der Waals surface area (Å²) in [5.74, 6) is 0.340. The van der Waals surface area contributed by atoms with Crippen molar-refractivity contribution < 1.29 is 14.5 Å². The highest BCUT2D eigenvalue weighted by atomic mass is 35.5. The highest BCUT2D eigenvalue weighted by Gasteiger charge is 2.13. The van der Waals surface area contributed by atoms with E-state index in [1.165, 1.54) is 23.1 Å². The molecular weight excluding hydrogens is 344 g/mol. The lowest BCUT2D eigenvalue weighted by Gasteiger charge is -2.17. The van der Waals surface area contributed by atoms with E-state index in [1.54, 1.807) is 50.6 Å². The van der Waals surface area contributed by atoms with Gasteiger partial charge in [0.1, 0.15) is 5.75 Å². The van der Waals surface area contributed by atoms with Crippen LogP contribution in [0.5, 0.6) is 5.75 Å². The summed E-state index contributed by atoms with van der Waals surface area (Å²) in [6.45, 7) is 0.295. The van der Waals surface area contributed by atoms with E-state index in [4.69, 9.17) is 16.3 Å². The van der Waals surface area contributed by atoms with Gasteiger partial charge in [0.05, 0.1) is 17.6 Å². The number of carbonyl (C=O) groups is 1. The Morgan fingerprint density at radius 1 is 1.32 bits per heavy atom. The first kappa shape index (κ1) is 18.5. The van der Waals surface area contributed by atoms with Crippen molar-refractivity contribution in [2.75, 3.05) is 14.2 Å². The van der Waals surface area contributed by atoms with E-state index in [2.05, 4.69) is 0 Å². The van der Waals surface area contributed by atoms with Crippen LogP contribution in [0.2, 0.25) is 5.02 Å². The van der Waals surface area contributed by atoms with E-state index in [1.807, 2.05) is 0 Å². The van der Waals surface area contributed by atoms with Gasteiger partial charge in [-0.15, -0.1) is 0 Å². The molecule has 0 aromatic heterocycles. The molecule has 7 heteroatoms. The molecular formula is C18H17ClN2O4. The second kappa shape index (κ2) is 8.30. The quantitative estimate of drug-likeness (QED) is 0.444. The van der Waals surface area contributed by atoms with Gasteiger partial charge in [0.2, 0.25) is 5.91 Å². The van der Waals surface area contributed by atoms with Gasteiger partial charge in [-0.1, -0.05) is 23.7 Å². The number of methoxy groups -OCH3 is 1. The summed E-state index contributed by atoms with van der Waals surface area (Å²) in [7, 11) is 3.18. The number of likely N-dealkylation sites (N-methyl/N-ethyl adjacent to an activating group) is 1. The predicted octanol–water partition coefficient (Wildman–Crippen LogP) is 3.93. The minimum absolute atomic E-state index is 0.0503. The van der Waals surface area contributed by atoms with E-state index in [-0.39, 0.29) is 11.6 Å². The van der Waals surface area contributed by atoms with Crippen LogP contribution >= 0.6 is 11.6 Å². The van der Waals surface area contributed by atoms with E-state index in [0.717, 1.165) is 5.56 Å². The molecule has 2 aromatic carbocycles. The average Bonchev–Trinajstić information content (AvgIpc) is 2.60. The van der Waals surface area contributed by atoms with Crippen molar-refractivity contribution in [1.82, 2.24) is 4.90 Å². The molecule has 0 heterocycles. The highest BCUT2D eigenvalue weighted by molar-refractivity contribution is 6.30. The Morgan fingerprint density at radius 3 is 2.72 bits per heavy atom. The van der Waals surface area contributed by atoms with E-state index >= 15 is 0 Å². The lowest BCUT2D eigenvalue weighted by Crippen LogP contribution is -2.24. The monoisotopic (exact) mass is 360 g/mol. The summed E-state index contributed by atoms with van der Waals surface area (Å²) in [5.41, 5.74) is 1.09. The maximum atomic E-state index is 12.3. The van der Waals surface area contributed by atoms with Gasteiger partial charge in [-0.3, -0.25) is 14.9 Å². The molecule has 0 saturated carbocycles. The van der Waals surface area contributed by atoms with E-state index in [0.29, 0.717) is 22.9 Å². The standard InChI is InChI=1S/C18H17ClN2O4/c1-20(12-14-11-15(19)8-9-17(14)25-2)18(22)10-7-13-5-3-4-6-16(13)21(23)24/h3-11H,12H2,1-2H3/b10-7+. The van der Waals surface area contributed by atoms with Crippen LogP contribution in [0.1, 0.15) is 11.1 Å². The summed E-state index contributed by atoms with van der Waals surface area (Å²) in [5, 5.41) is 11.5. The Balaban J connectivity index is 2.14. The van der Waals surface area contributed by atoms with E-state index in [9.17, 15) is 14.9 Å². The first-order valence-corrected chi connectivity index (χ1v) is 7.79. The number of rotatable bonds is 6. The summed E-state index contributed by atoms with van der Waals surface area (Å²) >= 11 is 5.99. The lowest BCUT2D eigenvalue weighted by molar-refractivity contribution is -0.385. The Labute approximate surface area is 150 Å². The van der Waals surface area contributed by atoms with Crippen LogP contribution < -0.4 is 4.74 Å². The maximum absolute atomic E-state index is 12.3. The van der Waals surface area contributed by atoms with Crippen LogP contribution in [0, 0.1) is 10.1 Å². The summed E-state index contributed by atoms with van der Waals surface area (Å²) < 4.78 is 5.26. The lowest BCUT2D eigenvalue weighted by atomic mass is 10.1. The number of para-hydroxylation sites is 1. The molecule has 1 amide bonds. The third kappa shape index (κ3) is 4.81. The molecule has 0 spiro atoms. The van der Waals surface area contributed by atoms with Crippen LogP contribution in [0.25, 0.3) is 6.08 Å². The van der Waals surface area contributed by atoms with Crippen LogP contribution in [0.15, 0.2) is 48.5 Å². The summed E-state index contributed by atoms with van der Waals surface area (Å²) in [4.78, 5) is 24.3. The summed E-state index contributed by atoms with van der Waals surface area (Å²) in [6, 6.07) is 11.4. The van der Waals surface area contributed by atoms with Crippen molar-refractivity contribution in [3.63, 3.8) is 0 Å². The molecule has 2 rings (SSSR count). The molecule has 0 radical (unpaired) electrons. The van der Waals surface area contributed by atoms with Gasteiger partial charge < -0.3 is 9.64 Å². The highest BCUT2D eigenvalue weighted by Crippen LogP contribution is 2.24. The average molecular weight is 361 g/mol. The van der Waals surface area contributed by atoms with Crippen molar-refractivity contribution in [2.45, 2.75) is 6.54 Å². The normalized spacial score (nSPS) is 10.7. The number of hydrogen-bond donors (Lipinski definition) is 0. The van der Waals surface area contributed by atoms with Crippen molar-refractivity contribution in [1.29, 1.82) is 0 Å². The predicted molar refractivity (Wildman–Crippen MR) is 96.6 cm³/mol. The topological polar surface area (TPSA) is 72.7 Å². The third-order valence-corrected chi connectivity index (χ3v) is 3.80. The second-order valence-corrected chi connectivity index (χ2v) is 5.74. The minimum atomic E-state index is -0.481. The zero-order valence-electron chi connectivity index (χ0n) is 13.8.